The van der Waals surface area contributed by atoms with E-state index in [9.17, 15) is 15.1 Å². The lowest BCUT2D eigenvalue weighted by molar-refractivity contribution is 0.0335. The molecule has 0 spiro atoms. The van der Waals surface area contributed by atoms with Crippen LogP contribution in [-0.4, -0.2) is 49.7 Å². The molecule has 0 unspecified atom stereocenters. The fraction of sp³-hybridized carbons (Fsp3) is 0.381. The highest BCUT2D eigenvalue weighted by atomic mass is 16.5. The van der Waals surface area contributed by atoms with Crippen molar-refractivity contribution in [3.8, 4) is 5.75 Å². The molecule has 0 saturated heterocycles. The lowest BCUT2D eigenvalue weighted by atomic mass is 9.93. The number of carbonyl (C=O) groups is 1. The number of hydrogen-bond acceptors (Lipinski definition) is 6. The predicted molar refractivity (Wildman–Crippen MR) is 114 cm³/mol. The summed E-state index contributed by atoms with van der Waals surface area (Å²) in [6, 6.07) is 2.81. The molecular formula is C21H27N5O4. The van der Waals surface area contributed by atoms with Gasteiger partial charge in [-0.15, -0.1) is 0 Å². The Morgan fingerprint density at radius 2 is 2.17 bits per heavy atom. The Morgan fingerprint density at radius 1 is 1.43 bits per heavy atom. The number of amidine groups is 1. The van der Waals surface area contributed by atoms with Gasteiger partial charge in [-0.1, -0.05) is 18.7 Å². The molecule has 0 radical (unpaired) electrons. The van der Waals surface area contributed by atoms with Gasteiger partial charge in [0.1, 0.15) is 5.75 Å². The number of fused-ring (bicyclic) bond motifs is 1. The zero-order chi connectivity index (χ0) is 21.7. The first-order valence-corrected chi connectivity index (χ1v) is 9.94. The normalized spacial score (nSPS) is 19.0. The largest absolute Gasteiger partial charge is 0.492 e. The van der Waals surface area contributed by atoms with E-state index in [-0.39, 0.29) is 17.2 Å². The summed E-state index contributed by atoms with van der Waals surface area (Å²) in [7, 11) is 0. The van der Waals surface area contributed by atoms with Crippen LogP contribution in [0.25, 0.3) is 10.9 Å². The van der Waals surface area contributed by atoms with Crippen molar-refractivity contribution in [1.29, 1.82) is 5.41 Å². The molecule has 160 valence electrons. The number of rotatable bonds is 6. The molecule has 1 saturated carbocycles. The summed E-state index contributed by atoms with van der Waals surface area (Å²) in [5, 5.41) is 35.6. The van der Waals surface area contributed by atoms with Gasteiger partial charge in [0.2, 0.25) is 0 Å². The molecule has 4 N–H and O–H groups in total. The van der Waals surface area contributed by atoms with E-state index in [2.05, 4.69) is 17.0 Å². The lowest BCUT2D eigenvalue weighted by Crippen LogP contribution is -2.35. The summed E-state index contributed by atoms with van der Waals surface area (Å²) in [6.07, 6.45) is 9.02. The third-order valence-corrected chi connectivity index (χ3v) is 5.02. The Kier molecular flexibility index (Phi) is 6.86. The minimum atomic E-state index is -0.886. The Morgan fingerprint density at radius 3 is 2.83 bits per heavy atom. The van der Waals surface area contributed by atoms with E-state index in [4.69, 9.17) is 10.1 Å². The van der Waals surface area contributed by atoms with Crippen LogP contribution in [0.2, 0.25) is 0 Å². The highest BCUT2D eigenvalue weighted by Crippen LogP contribution is 2.33. The maximum absolute atomic E-state index is 12.4. The van der Waals surface area contributed by atoms with Gasteiger partial charge in [0.15, 0.2) is 5.84 Å². The number of aliphatic hydroxyl groups is 1. The summed E-state index contributed by atoms with van der Waals surface area (Å²) in [5.41, 5.74) is 1.10. The SMILES string of the molecule is C=C/C=C\C(=N)N(O)C(=O)Nc1cc2cn(C3CCC(O)CC3)nc2cc1OCC. The van der Waals surface area contributed by atoms with Crippen LogP contribution in [0, 0.1) is 5.41 Å². The van der Waals surface area contributed by atoms with Crippen molar-refractivity contribution in [3.63, 3.8) is 0 Å². The molecule has 9 nitrogen and oxygen atoms in total. The van der Waals surface area contributed by atoms with Gasteiger partial charge >= 0.3 is 6.03 Å². The quantitative estimate of drug-likeness (QED) is 0.188. The standard InChI is InChI=1S/C21H27N5O4/c1-3-5-6-20(22)26(29)21(28)23-18-11-14-13-25(15-7-9-16(27)10-8-15)24-17(14)12-19(18)30-4-2/h3,5-6,11-13,15-16,22,27,29H,1,4,7-10H2,2H3,(H,23,28)/b6-5-,22-20?. The molecule has 0 bridgehead atoms. The van der Waals surface area contributed by atoms with Gasteiger partial charge in [-0.3, -0.25) is 15.3 Å². The Labute approximate surface area is 174 Å². The maximum atomic E-state index is 12.4. The number of allylic oxidation sites excluding steroid dienone is 2. The fourth-order valence-corrected chi connectivity index (χ4v) is 3.46. The highest BCUT2D eigenvalue weighted by molar-refractivity contribution is 6.06. The number of aliphatic hydroxyl groups excluding tert-OH is 1. The molecule has 30 heavy (non-hydrogen) atoms. The molecule has 2 aromatic rings. The maximum Gasteiger partial charge on any atom is 0.351 e. The van der Waals surface area contributed by atoms with Crippen LogP contribution in [0.1, 0.15) is 38.6 Å². The predicted octanol–water partition coefficient (Wildman–Crippen LogP) is 3.85. The van der Waals surface area contributed by atoms with Crippen molar-refractivity contribution in [2.45, 2.75) is 44.8 Å². The van der Waals surface area contributed by atoms with Gasteiger partial charge in [0.25, 0.3) is 0 Å². The number of urea groups is 1. The van der Waals surface area contributed by atoms with E-state index in [1.165, 1.54) is 18.2 Å². The van der Waals surface area contributed by atoms with Crippen molar-refractivity contribution in [2.24, 2.45) is 0 Å². The molecule has 1 aromatic heterocycles. The smallest absolute Gasteiger partial charge is 0.351 e. The first-order chi connectivity index (χ1) is 14.4. The van der Waals surface area contributed by atoms with E-state index in [0.717, 1.165) is 36.6 Å². The van der Waals surface area contributed by atoms with Crippen molar-refractivity contribution in [2.75, 3.05) is 11.9 Å². The summed E-state index contributed by atoms with van der Waals surface area (Å²) in [6.45, 7) is 5.70. The van der Waals surface area contributed by atoms with Gasteiger partial charge in [-0.05, 0) is 44.7 Å². The molecule has 1 aliphatic carbocycles. The average Bonchev–Trinajstić information content (AvgIpc) is 3.15. The Hall–Kier alpha value is -3.17. The number of aromatic nitrogens is 2. The van der Waals surface area contributed by atoms with Crippen molar-refractivity contribution in [3.05, 3.63) is 43.1 Å². The van der Waals surface area contributed by atoms with Gasteiger partial charge in [0.05, 0.1) is 30.0 Å². The molecule has 0 atom stereocenters. The molecule has 1 aromatic carbocycles. The van der Waals surface area contributed by atoms with E-state index >= 15 is 0 Å². The second-order valence-corrected chi connectivity index (χ2v) is 7.13. The van der Waals surface area contributed by atoms with Crippen LogP contribution in [0.15, 0.2) is 43.1 Å². The van der Waals surface area contributed by atoms with Crippen LogP contribution in [0.4, 0.5) is 10.5 Å². The summed E-state index contributed by atoms with van der Waals surface area (Å²) >= 11 is 0. The summed E-state index contributed by atoms with van der Waals surface area (Å²) in [5.74, 6) is 0.0166. The summed E-state index contributed by atoms with van der Waals surface area (Å²) in [4.78, 5) is 12.4. The van der Waals surface area contributed by atoms with Gasteiger partial charge in [-0.2, -0.15) is 10.2 Å². The van der Waals surface area contributed by atoms with Crippen LogP contribution in [0.5, 0.6) is 5.75 Å². The topological polar surface area (TPSA) is 124 Å². The molecular weight excluding hydrogens is 386 g/mol. The van der Waals surface area contributed by atoms with Gasteiger partial charge in [0, 0.05) is 17.6 Å². The third-order valence-electron chi connectivity index (χ3n) is 5.02. The van der Waals surface area contributed by atoms with E-state index in [1.54, 1.807) is 12.1 Å². The number of nitrogens with one attached hydrogen (secondary N) is 2. The Bertz CT molecular complexity index is 960. The van der Waals surface area contributed by atoms with Crippen LogP contribution < -0.4 is 10.1 Å². The monoisotopic (exact) mass is 413 g/mol. The number of carbonyl (C=O) groups excluding carboxylic acids is 1. The lowest BCUT2D eigenvalue weighted by Gasteiger charge is -2.25. The average molecular weight is 413 g/mol. The number of amides is 2. The molecule has 9 heteroatoms. The third kappa shape index (κ3) is 4.87. The van der Waals surface area contributed by atoms with Crippen molar-refractivity contribution < 1.29 is 19.8 Å². The zero-order valence-electron chi connectivity index (χ0n) is 16.9. The van der Waals surface area contributed by atoms with Crippen molar-refractivity contribution >= 4 is 28.5 Å². The van der Waals surface area contributed by atoms with Gasteiger partial charge < -0.3 is 15.2 Å². The number of anilines is 1. The second-order valence-electron chi connectivity index (χ2n) is 7.13. The van der Waals surface area contributed by atoms with Gasteiger partial charge in [-0.25, -0.2) is 4.79 Å². The molecule has 1 heterocycles. The number of hydroxylamine groups is 2. The second kappa shape index (κ2) is 9.55. The first-order valence-electron chi connectivity index (χ1n) is 9.94. The zero-order valence-corrected chi connectivity index (χ0v) is 16.9. The Balaban J connectivity index is 1.84. The fourth-order valence-electron chi connectivity index (χ4n) is 3.46. The highest BCUT2D eigenvalue weighted by Gasteiger charge is 2.23. The summed E-state index contributed by atoms with van der Waals surface area (Å²) < 4.78 is 7.55. The number of benzene rings is 1. The first kappa shape index (κ1) is 21.5. The van der Waals surface area contributed by atoms with Crippen LogP contribution in [0.3, 0.4) is 0 Å². The molecule has 0 aliphatic heterocycles. The molecule has 1 aliphatic rings. The van der Waals surface area contributed by atoms with Crippen LogP contribution >= 0.6 is 0 Å². The van der Waals surface area contributed by atoms with E-state index < -0.39 is 11.9 Å². The molecule has 2 amide bonds. The minimum absolute atomic E-state index is 0.205. The van der Waals surface area contributed by atoms with E-state index in [0.29, 0.717) is 18.0 Å². The number of hydrogen-bond donors (Lipinski definition) is 4. The number of nitrogens with zero attached hydrogens (tertiary/aromatic N) is 3. The molecule has 3 rings (SSSR count). The van der Waals surface area contributed by atoms with Crippen molar-refractivity contribution in [1.82, 2.24) is 14.8 Å². The van der Waals surface area contributed by atoms with E-state index in [1.807, 2.05) is 17.8 Å². The van der Waals surface area contributed by atoms with Crippen LogP contribution in [-0.2, 0) is 0 Å². The number of ether oxygens (including phenoxy) is 1. The minimum Gasteiger partial charge on any atom is -0.492 e. The molecule has 1 fully saturated rings.